The maximum atomic E-state index is 12.4. The number of carbonyl (C=O) groups excluding carboxylic acids is 2. The van der Waals surface area contributed by atoms with E-state index in [0.29, 0.717) is 47.6 Å². The minimum Gasteiger partial charge on any atom is -0.473 e. The van der Waals surface area contributed by atoms with Crippen LogP contribution in [-0.2, 0) is 18.0 Å². The number of amides is 2. The fourth-order valence-corrected chi connectivity index (χ4v) is 6.11. The molecule has 57 heavy (non-hydrogen) atoms. The molecule has 2 N–H and O–H groups in total. The Hall–Kier alpha value is -6.34. The molecule has 13 nitrogen and oxygen atoms in total. The van der Waals surface area contributed by atoms with Gasteiger partial charge in [0, 0.05) is 61.0 Å². The average Bonchev–Trinajstić information content (AvgIpc) is 3.77. The molecule has 2 aromatic carbocycles. The molecular weight excluding hydrogens is 725 g/mol. The first-order chi connectivity index (χ1) is 27.5. The molecule has 1 fully saturated rings. The molecule has 1 saturated heterocycles. The first-order valence-electron chi connectivity index (χ1n) is 19.0. The number of aryl methyl sites for hydroxylation is 4. The van der Waals surface area contributed by atoms with Crippen LogP contribution in [0.4, 0.5) is 0 Å². The van der Waals surface area contributed by atoms with Crippen molar-refractivity contribution < 1.29 is 32.8 Å². The van der Waals surface area contributed by atoms with E-state index in [0.717, 1.165) is 57.6 Å². The zero-order valence-electron chi connectivity index (χ0n) is 33.1. The predicted octanol–water partition coefficient (Wildman–Crippen LogP) is 7.91. The third-order valence-electron chi connectivity index (χ3n) is 9.25. The van der Waals surface area contributed by atoms with Crippen LogP contribution in [0, 0.1) is 27.7 Å². The van der Waals surface area contributed by atoms with Gasteiger partial charge in [0.15, 0.2) is 0 Å². The van der Waals surface area contributed by atoms with Crippen molar-refractivity contribution in [2.45, 2.75) is 79.7 Å². The van der Waals surface area contributed by atoms with Crippen LogP contribution in [0.25, 0.3) is 22.5 Å². The Labute approximate surface area is 332 Å². The van der Waals surface area contributed by atoms with E-state index in [1.807, 2.05) is 77.9 Å². The molecule has 7 rings (SSSR count). The number of nitrogens with zero attached hydrogens (tertiary/aromatic N) is 4. The first-order valence-corrected chi connectivity index (χ1v) is 19.0. The normalized spacial score (nSPS) is 12.8. The summed E-state index contributed by atoms with van der Waals surface area (Å²) in [5.41, 5.74) is 8.57. The maximum Gasteiger partial charge on any atom is 0.253 e. The third-order valence-corrected chi connectivity index (χ3v) is 9.25. The molecule has 4 aromatic heterocycles. The van der Waals surface area contributed by atoms with Crippen LogP contribution in [0.1, 0.15) is 81.2 Å². The summed E-state index contributed by atoms with van der Waals surface area (Å²) in [6.45, 7) is 13.5. The van der Waals surface area contributed by atoms with Crippen LogP contribution < -0.4 is 20.1 Å². The number of hydrogen-bond donors (Lipinski definition) is 2. The van der Waals surface area contributed by atoms with Gasteiger partial charge in [-0.15, -0.1) is 0 Å². The van der Waals surface area contributed by atoms with Gasteiger partial charge in [-0.05, 0) is 78.6 Å². The number of aromatic nitrogens is 4. The van der Waals surface area contributed by atoms with Gasteiger partial charge in [-0.25, -0.2) is 9.97 Å². The van der Waals surface area contributed by atoms with Gasteiger partial charge in [-0.3, -0.25) is 9.59 Å². The quantitative estimate of drug-likeness (QED) is 0.124. The highest BCUT2D eigenvalue weighted by molar-refractivity contribution is 5.94. The van der Waals surface area contributed by atoms with Crippen molar-refractivity contribution in [2.24, 2.45) is 0 Å². The molecule has 2 amide bonds. The predicted molar refractivity (Wildman–Crippen MR) is 214 cm³/mol. The van der Waals surface area contributed by atoms with E-state index in [4.69, 9.17) is 23.3 Å². The summed E-state index contributed by atoms with van der Waals surface area (Å²) in [7, 11) is 0. The molecule has 0 saturated carbocycles. The molecule has 1 aliphatic heterocycles. The Morgan fingerprint density at radius 1 is 0.702 bits per heavy atom. The molecule has 0 bridgehead atoms. The minimum absolute atomic E-state index is 0.0741. The maximum absolute atomic E-state index is 12.4. The van der Waals surface area contributed by atoms with Crippen molar-refractivity contribution in [1.29, 1.82) is 0 Å². The SMILES string of the molecule is Cc1cccc(-c2noc(C)c2COc2ccc(C(=O)NC(C)C)cn2)c1.Cc1cccc(-c2noc(C)c2COc2ccc(C(=O)NC3CCOCC3)cn2)c1. The molecule has 296 valence electrons. The Morgan fingerprint density at radius 3 is 1.63 bits per heavy atom. The Balaban J connectivity index is 0.000000194. The highest BCUT2D eigenvalue weighted by Gasteiger charge is 2.19. The highest BCUT2D eigenvalue weighted by atomic mass is 16.5. The van der Waals surface area contributed by atoms with E-state index in [9.17, 15) is 9.59 Å². The summed E-state index contributed by atoms with van der Waals surface area (Å²) in [4.78, 5) is 32.9. The first kappa shape index (κ1) is 40.3. The second-order valence-corrected chi connectivity index (χ2v) is 14.2. The van der Waals surface area contributed by atoms with E-state index < -0.39 is 0 Å². The second kappa shape index (κ2) is 19.0. The van der Waals surface area contributed by atoms with Crippen molar-refractivity contribution >= 4 is 11.8 Å². The van der Waals surface area contributed by atoms with Gasteiger partial charge < -0.3 is 33.9 Å². The van der Waals surface area contributed by atoms with E-state index in [-0.39, 0.29) is 37.1 Å². The minimum atomic E-state index is -0.152. The summed E-state index contributed by atoms with van der Waals surface area (Å²) in [5, 5.41) is 14.2. The topological polar surface area (TPSA) is 164 Å². The Morgan fingerprint density at radius 2 is 1.19 bits per heavy atom. The van der Waals surface area contributed by atoms with Crippen LogP contribution in [0.15, 0.2) is 94.2 Å². The number of ether oxygens (including phenoxy) is 3. The monoisotopic (exact) mass is 772 g/mol. The van der Waals surface area contributed by atoms with Crippen molar-refractivity contribution in [1.82, 2.24) is 30.9 Å². The zero-order chi connectivity index (χ0) is 40.3. The summed E-state index contributed by atoms with van der Waals surface area (Å²) < 4.78 is 27.7. The summed E-state index contributed by atoms with van der Waals surface area (Å²) in [6.07, 6.45) is 4.71. The number of nitrogens with one attached hydrogen (secondary N) is 2. The lowest BCUT2D eigenvalue weighted by Gasteiger charge is -2.23. The van der Waals surface area contributed by atoms with Crippen LogP contribution >= 0.6 is 0 Å². The molecule has 0 aliphatic carbocycles. The van der Waals surface area contributed by atoms with Crippen molar-refractivity contribution in [3.8, 4) is 34.3 Å². The molecule has 0 atom stereocenters. The van der Waals surface area contributed by atoms with E-state index in [2.05, 4.69) is 43.0 Å². The van der Waals surface area contributed by atoms with Crippen LogP contribution in [0.5, 0.6) is 11.8 Å². The van der Waals surface area contributed by atoms with Gasteiger partial charge in [0.05, 0.1) is 22.3 Å². The summed E-state index contributed by atoms with van der Waals surface area (Å²) in [5.74, 6) is 2.01. The largest absolute Gasteiger partial charge is 0.473 e. The van der Waals surface area contributed by atoms with Crippen molar-refractivity contribution in [2.75, 3.05) is 13.2 Å². The van der Waals surface area contributed by atoms with Crippen LogP contribution in [-0.4, -0.2) is 57.4 Å². The summed E-state index contributed by atoms with van der Waals surface area (Å²) >= 11 is 0. The van der Waals surface area contributed by atoms with Gasteiger partial charge in [0.25, 0.3) is 11.8 Å². The highest BCUT2D eigenvalue weighted by Crippen LogP contribution is 2.28. The van der Waals surface area contributed by atoms with Gasteiger partial charge in [0.2, 0.25) is 11.8 Å². The van der Waals surface area contributed by atoms with Gasteiger partial charge in [0.1, 0.15) is 36.1 Å². The van der Waals surface area contributed by atoms with Crippen molar-refractivity contribution in [3.05, 3.63) is 130 Å². The third kappa shape index (κ3) is 10.9. The van der Waals surface area contributed by atoms with Gasteiger partial charge in [-0.2, -0.15) is 0 Å². The number of rotatable bonds is 12. The summed E-state index contributed by atoms with van der Waals surface area (Å²) in [6, 6.07) is 23.2. The van der Waals surface area contributed by atoms with Crippen LogP contribution in [0.3, 0.4) is 0 Å². The standard InChI is InChI=1S/C23H25N3O4.C21H23N3O3/c1-15-4-3-5-17(12-15)22-20(16(2)30-26-22)14-29-21-7-6-18(13-24-21)23(27)25-19-8-10-28-11-9-19;1-13(2)23-21(25)17-8-9-19(22-11-17)26-12-18-15(4)27-24-20(18)16-7-5-6-14(3)10-16/h3-7,12-13,19H,8-11,14H2,1-2H3,(H,25,27);5-11,13H,12H2,1-4H3,(H,23,25). The average molecular weight is 773 g/mol. The van der Waals surface area contributed by atoms with E-state index in [1.165, 1.54) is 12.4 Å². The lowest BCUT2D eigenvalue weighted by Crippen LogP contribution is -2.38. The molecule has 0 unspecified atom stereocenters. The molecule has 13 heteroatoms. The molecule has 0 radical (unpaired) electrons. The number of pyridine rings is 2. The number of carbonyl (C=O) groups is 2. The van der Waals surface area contributed by atoms with Crippen LogP contribution in [0.2, 0.25) is 0 Å². The number of benzene rings is 2. The molecule has 0 spiro atoms. The Kier molecular flexibility index (Phi) is 13.4. The van der Waals surface area contributed by atoms with E-state index in [1.54, 1.807) is 24.3 Å². The lowest BCUT2D eigenvalue weighted by molar-refractivity contribution is 0.0696. The smallest absolute Gasteiger partial charge is 0.253 e. The molecule has 6 aromatic rings. The lowest BCUT2D eigenvalue weighted by atomic mass is 10.0. The fourth-order valence-electron chi connectivity index (χ4n) is 6.11. The van der Waals surface area contributed by atoms with Gasteiger partial charge >= 0.3 is 0 Å². The molecule has 5 heterocycles. The fraction of sp³-hybridized carbons (Fsp3) is 0.318. The molecular formula is C44H48N6O7. The zero-order valence-corrected chi connectivity index (χ0v) is 33.1. The molecule has 1 aliphatic rings. The van der Waals surface area contributed by atoms with Gasteiger partial charge in [-0.1, -0.05) is 57.8 Å². The Bertz CT molecular complexity index is 2260. The van der Waals surface area contributed by atoms with Crippen molar-refractivity contribution in [3.63, 3.8) is 0 Å². The number of hydrogen-bond acceptors (Lipinski definition) is 11. The second-order valence-electron chi connectivity index (χ2n) is 14.2. The van der Waals surface area contributed by atoms with E-state index >= 15 is 0 Å².